The van der Waals surface area contributed by atoms with Crippen LogP contribution in [-0.2, 0) is 20.0 Å². The molecule has 0 aliphatic carbocycles. The number of aromatic nitrogens is 2. The predicted molar refractivity (Wildman–Crippen MR) is 86.9 cm³/mol. The summed E-state index contributed by atoms with van der Waals surface area (Å²) in [5.41, 5.74) is 2.75. The number of carboxylic acid groups (broad SMARTS) is 1. The average Bonchev–Trinajstić information content (AvgIpc) is 2.83. The van der Waals surface area contributed by atoms with Gasteiger partial charge in [0, 0.05) is 37.8 Å². The predicted octanol–water partition coefficient (Wildman–Crippen LogP) is 1.87. The first-order valence-corrected chi connectivity index (χ1v) is 7.36. The van der Waals surface area contributed by atoms with Crippen LogP contribution in [0.1, 0.15) is 21.7 Å². The fourth-order valence-corrected chi connectivity index (χ4v) is 2.94. The highest BCUT2D eigenvalue weighted by Gasteiger charge is 2.28. The molecule has 0 radical (unpaired) electrons. The fraction of sp³-hybridized carbons (Fsp3) is 0.267. The molecule has 1 aliphatic rings. The monoisotopic (exact) mass is 316 g/mol. The summed E-state index contributed by atoms with van der Waals surface area (Å²) in [5, 5.41) is 17.4. The molecule has 2 aromatic rings. The molecular weight excluding hydrogens is 300 g/mol. The smallest absolute Gasteiger partial charge is 0.354 e. The van der Waals surface area contributed by atoms with Crippen molar-refractivity contribution in [3.63, 3.8) is 0 Å². The van der Waals surface area contributed by atoms with E-state index in [-0.39, 0.29) is 5.69 Å². The van der Waals surface area contributed by atoms with E-state index in [0.717, 1.165) is 23.5 Å². The van der Waals surface area contributed by atoms with Crippen molar-refractivity contribution in [1.82, 2.24) is 14.7 Å². The molecule has 22 heavy (non-hydrogen) atoms. The Hall–Kier alpha value is -2.41. The van der Waals surface area contributed by atoms with Crippen LogP contribution in [0.2, 0.25) is 0 Å². The molecule has 114 valence electrons. The minimum Gasteiger partial charge on any atom is -0.477 e. The quantitative estimate of drug-likeness (QED) is 0.824. The van der Waals surface area contributed by atoms with Crippen LogP contribution in [0.3, 0.4) is 0 Å². The number of carbonyl (C=O) groups is 1. The Labute approximate surface area is 133 Å². The lowest BCUT2D eigenvalue weighted by atomic mass is 10.1. The molecule has 0 unspecified atom stereocenters. The Bertz CT molecular complexity index is 727. The van der Waals surface area contributed by atoms with E-state index >= 15 is 0 Å². The van der Waals surface area contributed by atoms with Crippen molar-refractivity contribution >= 4 is 29.0 Å². The first-order chi connectivity index (χ1) is 10.6. The second-order valence-electron chi connectivity index (χ2n) is 5.17. The number of benzene rings is 1. The maximum Gasteiger partial charge on any atom is 0.354 e. The molecule has 7 heteroatoms. The third-order valence-electron chi connectivity index (χ3n) is 3.71. The first-order valence-electron chi connectivity index (χ1n) is 6.95. The zero-order valence-electron chi connectivity index (χ0n) is 12.1. The summed E-state index contributed by atoms with van der Waals surface area (Å²) in [5.74, 6) is -0.958. The summed E-state index contributed by atoms with van der Waals surface area (Å²) in [4.78, 5) is 13.4. The van der Waals surface area contributed by atoms with Crippen LogP contribution >= 0.6 is 12.2 Å². The minimum atomic E-state index is -0.958. The van der Waals surface area contributed by atoms with Crippen LogP contribution in [0.25, 0.3) is 0 Å². The molecular formula is C15H16N4O2S. The number of aromatic carboxylic acids is 1. The van der Waals surface area contributed by atoms with Gasteiger partial charge in [0.1, 0.15) is 0 Å². The molecule has 0 atom stereocenters. The average molecular weight is 316 g/mol. The number of fused-ring (bicyclic) bond motifs is 1. The molecule has 2 heterocycles. The number of hydrogen-bond donors (Lipinski definition) is 2. The van der Waals surface area contributed by atoms with Crippen molar-refractivity contribution in [3.8, 4) is 0 Å². The van der Waals surface area contributed by atoms with Crippen molar-refractivity contribution in [2.45, 2.75) is 13.0 Å². The molecule has 1 aliphatic heterocycles. The van der Waals surface area contributed by atoms with Gasteiger partial charge in [0.05, 0.1) is 5.69 Å². The van der Waals surface area contributed by atoms with Crippen LogP contribution < -0.4 is 5.32 Å². The van der Waals surface area contributed by atoms with Gasteiger partial charge in [-0.05, 0) is 24.4 Å². The van der Waals surface area contributed by atoms with E-state index in [4.69, 9.17) is 12.2 Å². The lowest BCUT2D eigenvalue weighted by Crippen LogP contribution is -2.39. The van der Waals surface area contributed by atoms with Crippen LogP contribution in [0.15, 0.2) is 30.3 Å². The summed E-state index contributed by atoms with van der Waals surface area (Å²) < 4.78 is 1.43. The van der Waals surface area contributed by atoms with Crippen LogP contribution in [-0.4, -0.2) is 37.4 Å². The van der Waals surface area contributed by atoms with Gasteiger partial charge in [-0.15, -0.1) is 0 Å². The van der Waals surface area contributed by atoms with Gasteiger partial charge in [0.2, 0.25) is 0 Å². The molecule has 0 fully saturated rings. The van der Waals surface area contributed by atoms with Crippen LogP contribution in [0, 0.1) is 0 Å². The largest absolute Gasteiger partial charge is 0.477 e. The van der Waals surface area contributed by atoms with E-state index < -0.39 is 5.97 Å². The summed E-state index contributed by atoms with van der Waals surface area (Å²) in [6.07, 6.45) is 0.688. The summed E-state index contributed by atoms with van der Waals surface area (Å²) in [6, 6.07) is 9.69. The van der Waals surface area contributed by atoms with Crippen LogP contribution in [0.4, 0.5) is 5.69 Å². The molecule has 0 amide bonds. The number of carboxylic acids is 1. The SMILES string of the molecule is Cn1nc2c(c1C(=O)O)CN(C(=S)Nc1ccccc1)CC2. The van der Waals surface area contributed by atoms with Crippen molar-refractivity contribution in [2.75, 3.05) is 11.9 Å². The highest BCUT2D eigenvalue weighted by Crippen LogP contribution is 2.22. The van der Waals surface area contributed by atoms with E-state index in [2.05, 4.69) is 10.4 Å². The highest BCUT2D eigenvalue weighted by molar-refractivity contribution is 7.80. The normalized spacial score (nSPS) is 13.6. The lowest BCUT2D eigenvalue weighted by Gasteiger charge is -2.29. The Morgan fingerprint density at radius 1 is 1.36 bits per heavy atom. The van der Waals surface area contributed by atoms with Crippen molar-refractivity contribution < 1.29 is 9.90 Å². The lowest BCUT2D eigenvalue weighted by molar-refractivity contribution is 0.0683. The third-order valence-corrected chi connectivity index (χ3v) is 4.07. The second kappa shape index (κ2) is 5.76. The zero-order valence-corrected chi connectivity index (χ0v) is 12.9. The van der Waals surface area contributed by atoms with E-state index in [1.165, 1.54) is 4.68 Å². The number of thiocarbonyl (C=S) groups is 1. The Kier molecular flexibility index (Phi) is 3.81. The minimum absolute atomic E-state index is 0.238. The number of aryl methyl sites for hydroxylation is 1. The standard InChI is InChI=1S/C15H16N4O2S/c1-18-13(14(20)21)11-9-19(8-7-12(11)17-18)15(22)16-10-5-3-2-4-6-10/h2-6H,7-9H2,1H3,(H,16,22)(H,20,21). The van der Waals surface area contributed by atoms with E-state index in [1.807, 2.05) is 35.2 Å². The molecule has 3 rings (SSSR count). The zero-order chi connectivity index (χ0) is 15.7. The van der Waals surface area contributed by atoms with Gasteiger partial charge in [-0.25, -0.2) is 4.79 Å². The highest BCUT2D eigenvalue weighted by atomic mass is 32.1. The Morgan fingerprint density at radius 3 is 2.77 bits per heavy atom. The third kappa shape index (κ3) is 2.67. The molecule has 2 N–H and O–H groups in total. The molecule has 0 spiro atoms. The van der Waals surface area contributed by atoms with E-state index in [1.54, 1.807) is 7.05 Å². The molecule has 0 saturated carbocycles. The number of anilines is 1. The topological polar surface area (TPSA) is 70.4 Å². The molecule has 1 aromatic heterocycles. The number of hydrogen-bond acceptors (Lipinski definition) is 3. The van der Waals surface area contributed by atoms with E-state index in [9.17, 15) is 9.90 Å². The summed E-state index contributed by atoms with van der Waals surface area (Å²) in [6.45, 7) is 1.19. The maximum absolute atomic E-state index is 11.4. The van der Waals surface area contributed by atoms with E-state index in [0.29, 0.717) is 18.1 Å². The van der Waals surface area contributed by atoms with Gasteiger partial charge >= 0.3 is 5.97 Å². The van der Waals surface area contributed by atoms with Crippen molar-refractivity contribution in [1.29, 1.82) is 0 Å². The number of nitrogens with one attached hydrogen (secondary N) is 1. The molecule has 0 bridgehead atoms. The van der Waals surface area contributed by atoms with Crippen LogP contribution in [0.5, 0.6) is 0 Å². The van der Waals surface area contributed by atoms with Gasteiger partial charge in [-0.2, -0.15) is 5.10 Å². The van der Waals surface area contributed by atoms with Crippen molar-refractivity contribution in [3.05, 3.63) is 47.3 Å². The first kappa shape index (κ1) is 14.5. The summed E-state index contributed by atoms with van der Waals surface area (Å²) in [7, 11) is 1.66. The van der Waals surface area contributed by atoms with Gasteiger partial charge in [-0.1, -0.05) is 18.2 Å². The van der Waals surface area contributed by atoms with Gasteiger partial charge in [-0.3, -0.25) is 4.68 Å². The van der Waals surface area contributed by atoms with Gasteiger partial charge < -0.3 is 15.3 Å². The second-order valence-corrected chi connectivity index (χ2v) is 5.56. The Morgan fingerprint density at radius 2 is 2.09 bits per heavy atom. The number of para-hydroxylation sites is 1. The number of rotatable bonds is 2. The Balaban J connectivity index is 1.79. The molecule has 1 aromatic carbocycles. The van der Waals surface area contributed by atoms with Gasteiger partial charge in [0.15, 0.2) is 10.8 Å². The maximum atomic E-state index is 11.4. The number of nitrogens with zero attached hydrogens (tertiary/aromatic N) is 3. The van der Waals surface area contributed by atoms with Crippen molar-refractivity contribution in [2.24, 2.45) is 7.05 Å². The molecule has 0 saturated heterocycles. The molecule has 6 nitrogen and oxygen atoms in total. The van der Waals surface area contributed by atoms with Gasteiger partial charge in [0.25, 0.3) is 0 Å². The summed E-state index contributed by atoms with van der Waals surface area (Å²) >= 11 is 5.44. The fourth-order valence-electron chi connectivity index (χ4n) is 2.67.